The number of aryl methyl sites for hydroxylation is 2. The highest BCUT2D eigenvalue weighted by atomic mass is 15.2. The topological polar surface area (TPSA) is 28.6 Å². The number of nitrogens with zero attached hydrogens (tertiary/aromatic N) is 3. The molecule has 20 heavy (non-hydrogen) atoms. The zero-order chi connectivity index (χ0) is 13.9. The molecule has 0 fully saturated rings. The van der Waals surface area contributed by atoms with Gasteiger partial charge in [-0.1, -0.05) is 35.9 Å². The van der Waals surface area contributed by atoms with E-state index in [4.69, 9.17) is 0 Å². The third-order valence-corrected chi connectivity index (χ3v) is 3.36. The second-order valence-electron chi connectivity index (χ2n) is 4.84. The lowest BCUT2D eigenvalue weighted by Gasteiger charge is -1.99. The molecule has 0 spiro atoms. The van der Waals surface area contributed by atoms with Gasteiger partial charge in [0.2, 0.25) is 0 Å². The third-order valence-electron chi connectivity index (χ3n) is 3.36. The van der Waals surface area contributed by atoms with Gasteiger partial charge in [-0.2, -0.15) is 0 Å². The number of azo groups is 1. The van der Waals surface area contributed by atoms with Crippen LogP contribution in [0.4, 0.5) is 11.5 Å². The Labute approximate surface area is 118 Å². The molecule has 3 nitrogen and oxygen atoms in total. The molecular formula is C17H16N3+. The molecule has 0 aliphatic carbocycles. The van der Waals surface area contributed by atoms with Crippen molar-refractivity contribution in [3.8, 4) is 0 Å². The number of para-hydroxylation sites is 1. The van der Waals surface area contributed by atoms with E-state index >= 15 is 0 Å². The quantitative estimate of drug-likeness (QED) is 0.484. The average Bonchev–Trinajstić information content (AvgIpc) is 2.49. The van der Waals surface area contributed by atoms with Crippen molar-refractivity contribution in [2.24, 2.45) is 17.3 Å². The van der Waals surface area contributed by atoms with E-state index in [2.05, 4.69) is 35.4 Å². The molecule has 0 radical (unpaired) electrons. The summed E-state index contributed by atoms with van der Waals surface area (Å²) in [5.74, 6) is 0.837. The van der Waals surface area contributed by atoms with Crippen LogP contribution in [0.15, 0.2) is 70.9 Å². The highest BCUT2D eigenvalue weighted by Gasteiger charge is 2.09. The molecule has 0 atom stereocenters. The summed E-state index contributed by atoms with van der Waals surface area (Å²) in [7, 11) is 2.01. The Hall–Kier alpha value is -2.55. The maximum atomic E-state index is 4.34. The highest BCUT2D eigenvalue weighted by Crippen LogP contribution is 2.18. The summed E-state index contributed by atoms with van der Waals surface area (Å²) in [5.41, 5.74) is 3.23. The molecule has 0 bridgehead atoms. The monoisotopic (exact) mass is 262 g/mol. The van der Waals surface area contributed by atoms with Crippen LogP contribution in [-0.4, -0.2) is 0 Å². The van der Waals surface area contributed by atoms with Gasteiger partial charge >= 0.3 is 5.82 Å². The molecule has 0 amide bonds. The van der Waals surface area contributed by atoms with Crippen LogP contribution in [0.3, 0.4) is 0 Å². The first-order valence-electron chi connectivity index (χ1n) is 6.60. The fourth-order valence-electron chi connectivity index (χ4n) is 2.15. The molecule has 98 valence electrons. The molecule has 3 heteroatoms. The van der Waals surface area contributed by atoms with Gasteiger partial charge in [-0.05, 0) is 36.3 Å². The van der Waals surface area contributed by atoms with Crippen LogP contribution in [0.2, 0.25) is 0 Å². The first kappa shape index (κ1) is 12.5. The van der Waals surface area contributed by atoms with Crippen molar-refractivity contribution in [3.05, 3.63) is 66.2 Å². The Morgan fingerprint density at radius 1 is 0.800 bits per heavy atom. The maximum absolute atomic E-state index is 4.34. The predicted octanol–water partition coefficient (Wildman–Crippen LogP) is 4.39. The van der Waals surface area contributed by atoms with Crippen LogP contribution < -0.4 is 4.57 Å². The normalized spacial score (nSPS) is 11.3. The van der Waals surface area contributed by atoms with Gasteiger partial charge in [-0.15, -0.1) is 0 Å². The molecule has 2 aromatic carbocycles. The van der Waals surface area contributed by atoms with E-state index in [0.29, 0.717) is 0 Å². The van der Waals surface area contributed by atoms with Crippen molar-refractivity contribution in [3.63, 3.8) is 0 Å². The van der Waals surface area contributed by atoms with Gasteiger partial charge < -0.3 is 0 Å². The SMILES string of the molecule is Cc1ccc(N=Nc2ccc3ccccc3[n+]2C)cc1. The van der Waals surface area contributed by atoms with E-state index in [0.717, 1.165) is 17.0 Å². The molecule has 0 saturated carbocycles. The second-order valence-corrected chi connectivity index (χ2v) is 4.84. The lowest BCUT2D eigenvalue weighted by molar-refractivity contribution is -0.631. The number of hydrogen-bond donors (Lipinski definition) is 0. The van der Waals surface area contributed by atoms with Gasteiger partial charge in [0.25, 0.3) is 0 Å². The van der Waals surface area contributed by atoms with Gasteiger partial charge in [0.1, 0.15) is 11.2 Å². The number of rotatable bonds is 2. The maximum Gasteiger partial charge on any atom is 0.350 e. The van der Waals surface area contributed by atoms with Crippen LogP contribution >= 0.6 is 0 Å². The Bertz CT molecular complexity index is 774. The molecule has 0 aliphatic heterocycles. The smallest absolute Gasteiger partial charge is 0.224 e. The first-order chi connectivity index (χ1) is 9.74. The summed E-state index contributed by atoms with van der Waals surface area (Å²) in [6, 6.07) is 20.3. The van der Waals surface area contributed by atoms with Crippen molar-refractivity contribution in [2.75, 3.05) is 0 Å². The van der Waals surface area contributed by atoms with E-state index in [1.54, 1.807) is 0 Å². The lowest BCUT2D eigenvalue weighted by Crippen LogP contribution is -2.28. The number of hydrogen-bond acceptors (Lipinski definition) is 2. The summed E-state index contributed by atoms with van der Waals surface area (Å²) in [4.78, 5) is 0. The molecule has 3 aromatic rings. The van der Waals surface area contributed by atoms with E-state index in [1.165, 1.54) is 10.9 Å². The van der Waals surface area contributed by atoms with Crippen molar-refractivity contribution < 1.29 is 4.57 Å². The van der Waals surface area contributed by atoms with Crippen molar-refractivity contribution in [1.82, 2.24) is 0 Å². The molecule has 0 aliphatic rings. The van der Waals surface area contributed by atoms with Crippen molar-refractivity contribution >= 4 is 22.4 Å². The number of benzene rings is 2. The number of fused-ring (bicyclic) bond motifs is 1. The van der Waals surface area contributed by atoms with E-state index < -0.39 is 0 Å². The van der Waals surface area contributed by atoms with Crippen molar-refractivity contribution in [2.45, 2.75) is 6.92 Å². The Morgan fingerprint density at radius 2 is 1.55 bits per heavy atom. The molecule has 1 aromatic heterocycles. The Morgan fingerprint density at radius 3 is 2.35 bits per heavy atom. The standard InChI is InChI=1S/C17H16N3/c1-13-7-10-15(11-8-13)18-19-17-12-9-14-5-3-4-6-16(14)20(17)2/h3-12H,1-2H3/q+1. The van der Waals surface area contributed by atoms with Crippen molar-refractivity contribution in [1.29, 1.82) is 0 Å². The minimum absolute atomic E-state index is 0.837. The predicted molar refractivity (Wildman–Crippen MR) is 80.5 cm³/mol. The zero-order valence-electron chi connectivity index (χ0n) is 11.6. The van der Waals surface area contributed by atoms with E-state index in [1.807, 2.05) is 54.1 Å². The summed E-state index contributed by atoms with van der Waals surface area (Å²) < 4.78 is 2.05. The molecular weight excluding hydrogens is 246 g/mol. The Kier molecular flexibility index (Phi) is 3.25. The van der Waals surface area contributed by atoms with E-state index in [9.17, 15) is 0 Å². The molecule has 3 rings (SSSR count). The molecule has 1 heterocycles. The molecule has 0 N–H and O–H groups in total. The molecule has 0 unspecified atom stereocenters. The summed E-state index contributed by atoms with van der Waals surface area (Å²) in [5, 5.41) is 9.83. The van der Waals surface area contributed by atoms with Crippen LogP contribution in [-0.2, 0) is 7.05 Å². The Balaban J connectivity index is 1.98. The fourth-order valence-corrected chi connectivity index (χ4v) is 2.15. The van der Waals surface area contributed by atoms with Gasteiger partial charge in [0.15, 0.2) is 0 Å². The second kappa shape index (κ2) is 5.21. The number of pyridine rings is 1. The minimum atomic E-state index is 0.837. The van der Waals surface area contributed by atoms with Crippen LogP contribution in [0.1, 0.15) is 5.56 Å². The summed E-state index contributed by atoms with van der Waals surface area (Å²) >= 11 is 0. The van der Waals surface area contributed by atoms with Crippen LogP contribution in [0, 0.1) is 6.92 Å². The van der Waals surface area contributed by atoms with Gasteiger partial charge in [0.05, 0.1) is 12.2 Å². The minimum Gasteiger partial charge on any atom is -0.224 e. The molecule has 0 saturated heterocycles. The van der Waals surface area contributed by atoms with E-state index in [-0.39, 0.29) is 0 Å². The van der Waals surface area contributed by atoms with Crippen LogP contribution in [0.25, 0.3) is 10.9 Å². The zero-order valence-corrected chi connectivity index (χ0v) is 11.6. The summed E-state index contributed by atoms with van der Waals surface area (Å²) in [6.45, 7) is 2.06. The fraction of sp³-hybridized carbons (Fsp3) is 0.118. The van der Waals surface area contributed by atoms with Gasteiger partial charge in [-0.25, -0.2) is 4.57 Å². The van der Waals surface area contributed by atoms with Gasteiger partial charge in [-0.3, -0.25) is 0 Å². The number of aromatic nitrogens is 1. The third kappa shape index (κ3) is 2.43. The van der Waals surface area contributed by atoms with Crippen LogP contribution in [0.5, 0.6) is 0 Å². The largest absolute Gasteiger partial charge is 0.350 e. The highest BCUT2D eigenvalue weighted by molar-refractivity contribution is 5.76. The first-order valence-corrected chi connectivity index (χ1v) is 6.60. The lowest BCUT2D eigenvalue weighted by atomic mass is 10.2. The van der Waals surface area contributed by atoms with Gasteiger partial charge in [0, 0.05) is 11.5 Å². The average molecular weight is 262 g/mol. The summed E-state index contributed by atoms with van der Waals surface area (Å²) in [6.07, 6.45) is 0.